The van der Waals surface area contributed by atoms with Crippen LogP contribution in [0.25, 0.3) is 11.4 Å². The number of fused-ring (bicyclic) bond motifs is 1. The minimum atomic E-state index is 0.0159. The monoisotopic (exact) mass is 363 g/mol. The van der Waals surface area contributed by atoms with E-state index in [1.165, 1.54) is 11.1 Å². The molecule has 140 valence electrons. The lowest BCUT2D eigenvalue weighted by Crippen LogP contribution is -2.18. The molecular formula is C21H25N5O. The zero-order chi connectivity index (χ0) is 19.0. The van der Waals surface area contributed by atoms with E-state index in [4.69, 9.17) is 0 Å². The van der Waals surface area contributed by atoms with E-state index in [0.717, 1.165) is 60.6 Å². The van der Waals surface area contributed by atoms with Crippen molar-refractivity contribution < 1.29 is 0 Å². The summed E-state index contributed by atoms with van der Waals surface area (Å²) < 4.78 is 0. The van der Waals surface area contributed by atoms with Gasteiger partial charge < -0.3 is 4.98 Å². The fourth-order valence-electron chi connectivity index (χ4n) is 3.79. The van der Waals surface area contributed by atoms with Crippen molar-refractivity contribution in [3.05, 3.63) is 68.4 Å². The van der Waals surface area contributed by atoms with Crippen molar-refractivity contribution in [3.8, 4) is 11.4 Å². The summed E-state index contributed by atoms with van der Waals surface area (Å²) in [4.78, 5) is 22.1. The Morgan fingerprint density at radius 2 is 1.89 bits per heavy atom. The van der Waals surface area contributed by atoms with Gasteiger partial charge in [0, 0.05) is 35.5 Å². The molecule has 0 amide bonds. The van der Waals surface area contributed by atoms with E-state index in [9.17, 15) is 4.79 Å². The molecule has 3 aromatic rings. The van der Waals surface area contributed by atoms with Gasteiger partial charge in [-0.2, -0.15) is 5.10 Å². The molecule has 0 atom stereocenters. The lowest BCUT2D eigenvalue weighted by molar-refractivity contribution is 0.318. The first kappa shape index (κ1) is 17.7. The van der Waals surface area contributed by atoms with Crippen molar-refractivity contribution in [3.63, 3.8) is 0 Å². The predicted octanol–water partition coefficient (Wildman–Crippen LogP) is 2.90. The summed E-state index contributed by atoms with van der Waals surface area (Å²) in [5.74, 6) is 0.671. The van der Waals surface area contributed by atoms with E-state index in [1.807, 2.05) is 19.1 Å². The quantitative estimate of drug-likeness (QED) is 0.731. The van der Waals surface area contributed by atoms with Crippen LogP contribution in [0.3, 0.4) is 0 Å². The molecule has 2 aromatic heterocycles. The third-order valence-electron chi connectivity index (χ3n) is 5.33. The lowest BCUT2D eigenvalue weighted by Gasteiger charge is -2.17. The Labute approximate surface area is 158 Å². The van der Waals surface area contributed by atoms with Gasteiger partial charge in [0.25, 0.3) is 5.56 Å². The van der Waals surface area contributed by atoms with Crippen LogP contribution >= 0.6 is 0 Å². The number of aromatic nitrogens is 4. The van der Waals surface area contributed by atoms with Crippen molar-refractivity contribution >= 4 is 0 Å². The van der Waals surface area contributed by atoms with Gasteiger partial charge in [-0.1, -0.05) is 24.3 Å². The Hall–Kier alpha value is -2.73. The number of rotatable bonds is 5. The summed E-state index contributed by atoms with van der Waals surface area (Å²) in [5.41, 5.74) is 7.46. The van der Waals surface area contributed by atoms with E-state index in [0.29, 0.717) is 5.82 Å². The molecule has 1 aliphatic carbocycles. The zero-order valence-electron chi connectivity index (χ0n) is 16.1. The van der Waals surface area contributed by atoms with Gasteiger partial charge in [0.05, 0.1) is 11.4 Å². The van der Waals surface area contributed by atoms with Gasteiger partial charge in [0.1, 0.15) is 5.82 Å². The summed E-state index contributed by atoms with van der Waals surface area (Å²) in [6.45, 7) is 5.79. The molecule has 6 nitrogen and oxygen atoms in total. The molecule has 1 aliphatic rings. The van der Waals surface area contributed by atoms with Crippen molar-refractivity contribution in [1.29, 1.82) is 0 Å². The van der Waals surface area contributed by atoms with Crippen LogP contribution in [0.2, 0.25) is 0 Å². The smallest absolute Gasteiger partial charge is 0.254 e. The van der Waals surface area contributed by atoms with E-state index < -0.39 is 0 Å². The Balaban J connectivity index is 1.48. The molecule has 0 bridgehead atoms. The van der Waals surface area contributed by atoms with E-state index in [1.54, 1.807) is 0 Å². The SMILES string of the molecule is Cc1n[nH]c(C)c1CN(C)Cc1ccc(-c2nc3c(c(=O)[nH]2)CCC3)cc1. The second-order valence-corrected chi connectivity index (χ2v) is 7.48. The Kier molecular flexibility index (Phi) is 4.66. The fourth-order valence-corrected chi connectivity index (χ4v) is 3.79. The van der Waals surface area contributed by atoms with E-state index >= 15 is 0 Å². The van der Waals surface area contributed by atoms with Gasteiger partial charge in [0.2, 0.25) is 0 Å². The molecule has 0 saturated carbocycles. The van der Waals surface area contributed by atoms with Crippen molar-refractivity contribution in [1.82, 2.24) is 25.1 Å². The maximum absolute atomic E-state index is 12.2. The number of H-pyrrole nitrogens is 2. The maximum atomic E-state index is 12.2. The summed E-state index contributed by atoms with van der Waals surface area (Å²) in [6.07, 6.45) is 2.77. The molecular weight excluding hydrogens is 338 g/mol. The number of aryl methyl sites for hydroxylation is 3. The first-order valence-electron chi connectivity index (χ1n) is 9.41. The zero-order valence-corrected chi connectivity index (χ0v) is 16.1. The van der Waals surface area contributed by atoms with Crippen molar-refractivity contribution in [2.45, 2.75) is 46.2 Å². The minimum Gasteiger partial charge on any atom is -0.306 e. The number of benzene rings is 1. The van der Waals surface area contributed by atoms with Crippen LogP contribution in [0.5, 0.6) is 0 Å². The molecule has 6 heteroatoms. The standard InChI is InChI=1S/C21H25N5O/c1-13-18(14(2)25-24-13)12-26(3)11-15-7-9-16(10-8-15)20-22-19-6-4-5-17(19)21(27)23-20/h7-10H,4-6,11-12H2,1-3H3,(H,24,25)(H,22,23,27). The number of aromatic amines is 2. The third-order valence-corrected chi connectivity index (χ3v) is 5.33. The number of nitrogens with one attached hydrogen (secondary N) is 2. The molecule has 0 spiro atoms. The number of nitrogens with zero attached hydrogens (tertiary/aromatic N) is 3. The molecule has 1 aromatic carbocycles. The Morgan fingerprint density at radius 1 is 1.11 bits per heavy atom. The van der Waals surface area contributed by atoms with Gasteiger partial charge in [0.15, 0.2) is 0 Å². The van der Waals surface area contributed by atoms with Crippen LogP contribution < -0.4 is 5.56 Å². The number of hydrogen-bond acceptors (Lipinski definition) is 4. The summed E-state index contributed by atoms with van der Waals surface area (Å²) in [6, 6.07) is 8.29. The summed E-state index contributed by atoms with van der Waals surface area (Å²) >= 11 is 0. The van der Waals surface area contributed by atoms with Crippen LogP contribution in [0.4, 0.5) is 0 Å². The van der Waals surface area contributed by atoms with E-state index in [-0.39, 0.29) is 5.56 Å². The highest BCUT2D eigenvalue weighted by Gasteiger charge is 2.17. The molecule has 4 rings (SSSR count). The molecule has 0 aliphatic heterocycles. The van der Waals surface area contributed by atoms with Crippen LogP contribution in [0.1, 0.15) is 40.2 Å². The van der Waals surface area contributed by atoms with E-state index in [2.05, 4.69) is 51.2 Å². The van der Waals surface area contributed by atoms with Gasteiger partial charge in [-0.25, -0.2) is 4.98 Å². The molecule has 0 fully saturated rings. The predicted molar refractivity (Wildman–Crippen MR) is 106 cm³/mol. The molecule has 2 heterocycles. The highest BCUT2D eigenvalue weighted by molar-refractivity contribution is 5.55. The van der Waals surface area contributed by atoms with Crippen molar-refractivity contribution in [2.75, 3.05) is 7.05 Å². The number of hydrogen-bond donors (Lipinski definition) is 2. The maximum Gasteiger partial charge on any atom is 0.254 e. The third kappa shape index (κ3) is 3.57. The lowest BCUT2D eigenvalue weighted by atomic mass is 10.1. The second-order valence-electron chi connectivity index (χ2n) is 7.48. The highest BCUT2D eigenvalue weighted by Crippen LogP contribution is 2.21. The molecule has 0 unspecified atom stereocenters. The normalized spacial score (nSPS) is 13.3. The van der Waals surface area contributed by atoms with Crippen molar-refractivity contribution in [2.24, 2.45) is 0 Å². The average molecular weight is 363 g/mol. The topological polar surface area (TPSA) is 77.7 Å². The first-order chi connectivity index (χ1) is 13.0. The highest BCUT2D eigenvalue weighted by atomic mass is 16.1. The summed E-state index contributed by atoms with van der Waals surface area (Å²) in [5, 5.41) is 7.31. The first-order valence-corrected chi connectivity index (χ1v) is 9.41. The molecule has 2 N–H and O–H groups in total. The van der Waals surface area contributed by atoms with Crippen LogP contribution in [0.15, 0.2) is 29.1 Å². The molecule has 0 saturated heterocycles. The largest absolute Gasteiger partial charge is 0.306 e. The van der Waals surface area contributed by atoms with Gasteiger partial charge in [-0.15, -0.1) is 0 Å². The van der Waals surface area contributed by atoms with Gasteiger partial charge in [-0.3, -0.25) is 14.8 Å². The van der Waals surface area contributed by atoms with Gasteiger partial charge in [-0.05, 0) is 45.7 Å². The van der Waals surface area contributed by atoms with Crippen LogP contribution in [-0.2, 0) is 25.9 Å². The second kappa shape index (κ2) is 7.12. The minimum absolute atomic E-state index is 0.0159. The van der Waals surface area contributed by atoms with Crippen LogP contribution in [0, 0.1) is 13.8 Å². The van der Waals surface area contributed by atoms with Crippen LogP contribution in [-0.4, -0.2) is 32.1 Å². The molecule has 27 heavy (non-hydrogen) atoms. The molecule has 0 radical (unpaired) electrons. The summed E-state index contributed by atoms with van der Waals surface area (Å²) in [7, 11) is 2.11. The fraction of sp³-hybridized carbons (Fsp3) is 0.381. The Morgan fingerprint density at radius 3 is 2.59 bits per heavy atom. The Bertz CT molecular complexity index is 997. The average Bonchev–Trinajstić information content (AvgIpc) is 3.24. The van der Waals surface area contributed by atoms with Gasteiger partial charge >= 0.3 is 0 Å².